The van der Waals surface area contributed by atoms with Crippen LogP contribution in [0.15, 0.2) is 78.0 Å². The van der Waals surface area contributed by atoms with Gasteiger partial charge < -0.3 is 10.1 Å². The third-order valence-electron chi connectivity index (χ3n) is 6.78. The zero-order chi connectivity index (χ0) is 32.5. The van der Waals surface area contributed by atoms with Crippen molar-refractivity contribution in [2.24, 2.45) is 5.10 Å². The van der Waals surface area contributed by atoms with Gasteiger partial charge >= 0.3 is 6.36 Å². The number of anilines is 1. The van der Waals surface area contributed by atoms with E-state index in [1.54, 1.807) is 13.0 Å². The van der Waals surface area contributed by atoms with Crippen molar-refractivity contribution < 1.29 is 31.9 Å². The third-order valence-corrected chi connectivity index (χ3v) is 7.87. The van der Waals surface area contributed by atoms with Crippen LogP contribution in [0.4, 0.5) is 23.2 Å². The van der Waals surface area contributed by atoms with E-state index >= 15 is 4.39 Å². The lowest BCUT2D eigenvalue weighted by atomic mass is 9.97. The van der Waals surface area contributed by atoms with Crippen LogP contribution in [0.2, 0.25) is 0 Å². The van der Waals surface area contributed by atoms with Crippen molar-refractivity contribution in [2.75, 3.05) is 5.32 Å². The summed E-state index contributed by atoms with van der Waals surface area (Å²) in [6.07, 6.45) is -2.10. The predicted octanol–water partition coefficient (Wildman–Crippen LogP) is 7.18. The van der Waals surface area contributed by atoms with Crippen LogP contribution in [0.1, 0.15) is 57.9 Å². The maximum absolute atomic E-state index is 15.3. The first-order valence-electron chi connectivity index (χ1n) is 13.6. The fraction of sp³-hybridized carbons (Fsp3) is 0.194. The number of hydrogen-bond acceptors (Lipinski definition) is 7. The van der Waals surface area contributed by atoms with Crippen molar-refractivity contribution in [3.63, 3.8) is 0 Å². The maximum Gasteiger partial charge on any atom is 0.573 e. The van der Waals surface area contributed by atoms with Gasteiger partial charge in [-0.3, -0.25) is 15.0 Å². The number of thioether (sulfide) groups is 1. The number of alkyl halides is 3. The Morgan fingerprint density at radius 1 is 1.13 bits per heavy atom. The molecule has 0 aliphatic carbocycles. The zero-order valence-corrected chi connectivity index (χ0v) is 24.9. The second-order valence-corrected chi connectivity index (χ2v) is 11.4. The molecule has 2 amide bonds. The lowest BCUT2D eigenvalue weighted by molar-refractivity contribution is -0.274. The number of carbonyl (C=O) groups is 2. The van der Waals surface area contributed by atoms with Crippen LogP contribution in [0, 0.1) is 18.2 Å². The summed E-state index contributed by atoms with van der Waals surface area (Å²) < 4.78 is 57.5. The largest absolute Gasteiger partial charge is 0.573 e. The number of hydrogen-bond donors (Lipinski definition) is 2. The zero-order valence-electron chi connectivity index (χ0n) is 24.1. The summed E-state index contributed by atoms with van der Waals surface area (Å²) in [6.45, 7) is 5.68. The number of nitrogens with one attached hydrogen (secondary N) is 2. The number of hydrazone groups is 1. The van der Waals surface area contributed by atoms with E-state index in [1.165, 1.54) is 46.4 Å². The Kier molecular flexibility index (Phi) is 8.77. The molecule has 1 saturated heterocycles. The molecule has 1 atom stereocenters. The second-order valence-electron chi connectivity index (χ2n) is 10.3. The normalized spacial score (nSPS) is 15.4. The summed E-state index contributed by atoms with van der Waals surface area (Å²) in [5.74, 6) is -2.10. The molecule has 45 heavy (non-hydrogen) atoms. The second kappa shape index (κ2) is 12.6. The molecule has 232 valence electrons. The van der Waals surface area contributed by atoms with Gasteiger partial charge in [0, 0.05) is 5.56 Å². The first-order valence-corrected chi connectivity index (χ1v) is 14.4. The van der Waals surface area contributed by atoms with E-state index in [1.807, 2.05) is 38.1 Å². The minimum absolute atomic E-state index is 0.0720. The molecule has 0 radical (unpaired) electrons. The average Bonchev–Trinajstić information content (AvgIpc) is 3.48. The predicted molar refractivity (Wildman–Crippen MR) is 162 cm³/mol. The molecule has 14 heteroatoms. The molecule has 1 aliphatic rings. The van der Waals surface area contributed by atoms with Crippen LogP contribution in [-0.4, -0.2) is 44.2 Å². The highest BCUT2D eigenvalue weighted by molar-refractivity contribution is 8.16. The number of nitrogens with zero attached hydrogens (tertiary/aromatic N) is 4. The molecule has 1 unspecified atom stereocenters. The van der Waals surface area contributed by atoms with E-state index in [-0.39, 0.29) is 27.9 Å². The van der Waals surface area contributed by atoms with Crippen LogP contribution in [-0.2, 0) is 4.79 Å². The topological polar surface area (TPSA) is 113 Å². The number of carbonyl (C=O) groups excluding carboxylic acids is 2. The molecular weight excluding hydrogens is 612 g/mol. The Hall–Kier alpha value is -4.98. The van der Waals surface area contributed by atoms with Crippen LogP contribution >= 0.6 is 11.8 Å². The van der Waals surface area contributed by atoms with Crippen LogP contribution in [0.5, 0.6) is 5.75 Å². The van der Waals surface area contributed by atoms with Crippen LogP contribution in [0.3, 0.4) is 0 Å². The molecule has 1 aliphatic heterocycles. The van der Waals surface area contributed by atoms with Gasteiger partial charge in [0.25, 0.3) is 11.8 Å². The molecule has 1 aromatic heterocycles. The lowest BCUT2D eigenvalue weighted by Gasteiger charge is -2.22. The van der Waals surface area contributed by atoms with Crippen molar-refractivity contribution in [2.45, 2.75) is 38.4 Å². The van der Waals surface area contributed by atoms with E-state index < -0.39 is 35.1 Å². The summed E-state index contributed by atoms with van der Waals surface area (Å²) in [5.41, 5.74) is 3.04. The number of ether oxygens (including phenoxy) is 1. The highest BCUT2D eigenvalue weighted by Crippen LogP contribution is 2.42. The smallest absolute Gasteiger partial charge is 0.406 e. The fourth-order valence-corrected chi connectivity index (χ4v) is 5.63. The minimum atomic E-state index is -4.85. The Bertz CT molecular complexity index is 1800. The highest BCUT2D eigenvalue weighted by Gasteiger charge is 2.39. The lowest BCUT2D eigenvalue weighted by Crippen LogP contribution is -2.25. The minimum Gasteiger partial charge on any atom is -0.406 e. The Morgan fingerprint density at radius 2 is 1.84 bits per heavy atom. The van der Waals surface area contributed by atoms with Crippen molar-refractivity contribution in [1.29, 1.82) is 5.41 Å². The molecule has 1 fully saturated rings. The van der Waals surface area contributed by atoms with Crippen molar-refractivity contribution in [3.05, 3.63) is 107 Å². The molecule has 2 heterocycles. The van der Waals surface area contributed by atoms with Gasteiger partial charge in [-0.25, -0.2) is 14.1 Å². The van der Waals surface area contributed by atoms with E-state index in [2.05, 4.69) is 20.3 Å². The third kappa shape index (κ3) is 7.06. The van der Waals surface area contributed by atoms with Crippen LogP contribution in [0.25, 0.3) is 5.69 Å². The molecule has 9 nitrogen and oxygen atoms in total. The summed E-state index contributed by atoms with van der Waals surface area (Å²) in [5, 5.41) is 19.9. The quantitative estimate of drug-likeness (QED) is 0.157. The van der Waals surface area contributed by atoms with Gasteiger partial charge in [-0.2, -0.15) is 10.2 Å². The average molecular weight is 639 g/mol. The maximum atomic E-state index is 15.3. The monoisotopic (exact) mass is 638 g/mol. The number of aromatic nitrogens is 2. The van der Waals surface area contributed by atoms with E-state index in [9.17, 15) is 22.8 Å². The Labute approximate surface area is 259 Å². The Morgan fingerprint density at radius 3 is 2.51 bits per heavy atom. The fourth-order valence-electron chi connectivity index (χ4n) is 4.62. The molecule has 0 bridgehead atoms. The number of halogens is 4. The van der Waals surface area contributed by atoms with Gasteiger partial charge in [0.2, 0.25) is 0 Å². The van der Waals surface area contributed by atoms with Gasteiger partial charge in [-0.1, -0.05) is 55.9 Å². The van der Waals surface area contributed by atoms with E-state index in [0.717, 1.165) is 35.0 Å². The van der Waals surface area contributed by atoms with Crippen LogP contribution < -0.4 is 10.1 Å². The van der Waals surface area contributed by atoms with Gasteiger partial charge in [0.15, 0.2) is 5.04 Å². The van der Waals surface area contributed by atoms with Crippen molar-refractivity contribution in [1.82, 2.24) is 14.8 Å². The van der Waals surface area contributed by atoms with Gasteiger partial charge in [0.1, 0.15) is 22.6 Å². The van der Waals surface area contributed by atoms with Crippen molar-refractivity contribution >= 4 is 40.5 Å². The first-order chi connectivity index (χ1) is 21.3. The Balaban J connectivity index is 1.31. The summed E-state index contributed by atoms with van der Waals surface area (Å²) >= 11 is 1.10. The molecule has 0 saturated carbocycles. The van der Waals surface area contributed by atoms with Gasteiger partial charge in [-0.05, 0) is 65.9 Å². The summed E-state index contributed by atoms with van der Waals surface area (Å²) in [6, 6.07) is 16.3. The first kappa shape index (κ1) is 31.4. The van der Waals surface area contributed by atoms with E-state index in [4.69, 9.17) is 5.41 Å². The SMILES string of the molecule is Cc1nn(-c2ccc(/C=N/N3C(=O)C(=N)SC3c3ccccc3C(C)C)cc2F)cc1NC(=O)c1ccc(OC(F)(F)F)cc1. The summed E-state index contributed by atoms with van der Waals surface area (Å²) in [7, 11) is 0. The highest BCUT2D eigenvalue weighted by atomic mass is 32.2. The molecule has 3 aromatic carbocycles. The molecule has 4 aromatic rings. The molecular formula is C31H26F4N6O3S. The standard InChI is InChI=1S/C31H26F4N6O3S/c1-17(2)22-6-4-5-7-23(22)30-41(29(43)27(36)45-30)37-15-19-8-13-26(24(32)14-19)40-16-25(18(3)39-40)38-28(42)20-9-11-21(12-10-20)44-31(33,34)35/h4-17,30,36H,1-3H3,(H,38,42)/b36-27?,37-15+. The van der Waals surface area contributed by atoms with E-state index in [0.29, 0.717) is 11.3 Å². The molecule has 2 N–H and O–H groups in total. The number of amides is 2. The number of aryl methyl sites for hydroxylation is 1. The number of rotatable bonds is 8. The number of benzene rings is 3. The molecule has 0 spiro atoms. The van der Waals surface area contributed by atoms with Gasteiger partial charge in [0.05, 0.1) is 23.8 Å². The van der Waals surface area contributed by atoms with Crippen molar-refractivity contribution in [3.8, 4) is 11.4 Å². The summed E-state index contributed by atoms with van der Waals surface area (Å²) in [4.78, 5) is 25.4. The van der Waals surface area contributed by atoms with Gasteiger partial charge in [-0.15, -0.1) is 13.2 Å². The molecule has 5 rings (SSSR count).